The number of anilines is 1. The molecule has 0 aliphatic heterocycles. The summed E-state index contributed by atoms with van der Waals surface area (Å²) < 4.78 is 0. The number of rotatable bonds is 4. The number of nitrogens with zero attached hydrogens (tertiary/aromatic N) is 1. The van der Waals surface area contributed by atoms with E-state index in [1.165, 1.54) is 11.8 Å². The number of thiocarbonyl (C=S) groups is 1. The number of hydrogen-bond acceptors (Lipinski definition) is 4. The Balaban J connectivity index is 1.48. The summed E-state index contributed by atoms with van der Waals surface area (Å²) in [5.41, 5.74) is 6.92. The Hall–Kier alpha value is -2.35. The summed E-state index contributed by atoms with van der Waals surface area (Å²) in [6, 6.07) is 16.9. The molecule has 1 aromatic heterocycles. The SMILES string of the molecule is O=C(CSc1cccc2cccnc12)NNC(=S)Nc1ccc(Cl)cc1. The average Bonchev–Trinajstić information content (AvgIpc) is 2.66. The monoisotopic (exact) mass is 402 g/mol. The van der Waals surface area contributed by atoms with Crippen LogP contribution in [0.1, 0.15) is 0 Å². The van der Waals surface area contributed by atoms with Crippen LogP contribution in [0.25, 0.3) is 10.9 Å². The van der Waals surface area contributed by atoms with Gasteiger partial charge in [0.05, 0.1) is 11.3 Å². The van der Waals surface area contributed by atoms with Crippen molar-refractivity contribution in [2.24, 2.45) is 0 Å². The normalized spacial score (nSPS) is 10.3. The van der Waals surface area contributed by atoms with Gasteiger partial charge in [-0.1, -0.05) is 29.8 Å². The Kier molecular flexibility index (Phi) is 6.27. The van der Waals surface area contributed by atoms with Crippen molar-refractivity contribution in [1.82, 2.24) is 15.8 Å². The van der Waals surface area contributed by atoms with Gasteiger partial charge in [-0.05, 0) is 48.6 Å². The van der Waals surface area contributed by atoms with Crippen LogP contribution in [0.4, 0.5) is 5.69 Å². The highest BCUT2D eigenvalue weighted by Crippen LogP contribution is 2.25. The zero-order valence-corrected chi connectivity index (χ0v) is 15.9. The first-order chi connectivity index (χ1) is 12.6. The molecule has 0 atom stereocenters. The lowest BCUT2D eigenvalue weighted by molar-refractivity contribution is -0.119. The van der Waals surface area contributed by atoms with Crippen LogP contribution in [-0.4, -0.2) is 21.8 Å². The van der Waals surface area contributed by atoms with Gasteiger partial charge in [-0.2, -0.15) is 0 Å². The molecule has 0 spiro atoms. The van der Waals surface area contributed by atoms with Crippen molar-refractivity contribution in [1.29, 1.82) is 0 Å². The van der Waals surface area contributed by atoms with Gasteiger partial charge in [-0.15, -0.1) is 11.8 Å². The van der Waals surface area contributed by atoms with Crippen LogP contribution in [0, 0.1) is 0 Å². The second kappa shape index (κ2) is 8.84. The largest absolute Gasteiger partial charge is 0.331 e. The van der Waals surface area contributed by atoms with E-state index in [1.807, 2.05) is 30.3 Å². The third-order valence-corrected chi connectivity index (χ3v) is 4.88. The van der Waals surface area contributed by atoms with Gasteiger partial charge < -0.3 is 5.32 Å². The van der Waals surface area contributed by atoms with Crippen molar-refractivity contribution < 1.29 is 4.79 Å². The average molecular weight is 403 g/mol. The molecular formula is C18H15ClN4OS2. The zero-order valence-electron chi connectivity index (χ0n) is 13.5. The van der Waals surface area contributed by atoms with E-state index >= 15 is 0 Å². The second-order valence-electron chi connectivity index (χ2n) is 5.25. The predicted molar refractivity (Wildman–Crippen MR) is 111 cm³/mol. The van der Waals surface area contributed by atoms with Crippen LogP contribution in [-0.2, 0) is 4.79 Å². The summed E-state index contributed by atoms with van der Waals surface area (Å²) in [5.74, 6) is 0.0508. The molecule has 2 aromatic carbocycles. The highest BCUT2D eigenvalue weighted by Gasteiger charge is 2.07. The molecule has 3 aromatic rings. The fourth-order valence-corrected chi connectivity index (χ4v) is 3.33. The van der Waals surface area contributed by atoms with Crippen molar-refractivity contribution in [2.45, 2.75) is 4.90 Å². The molecule has 0 bridgehead atoms. The van der Waals surface area contributed by atoms with Gasteiger partial charge >= 0.3 is 0 Å². The topological polar surface area (TPSA) is 66.0 Å². The van der Waals surface area contributed by atoms with Gasteiger partial charge in [0.1, 0.15) is 0 Å². The fraction of sp³-hybridized carbons (Fsp3) is 0.0556. The third kappa shape index (κ3) is 5.08. The van der Waals surface area contributed by atoms with Crippen molar-refractivity contribution in [3.8, 4) is 0 Å². The molecule has 0 aliphatic rings. The number of halogens is 1. The van der Waals surface area contributed by atoms with Gasteiger partial charge in [0.15, 0.2) is 5.11 Å². The number of para-hydroxylation sites is 1. The van der Waals surface area contributed by atoms with E-state index in [0.29, 0.717) is 5.02 Å². The van der Waals surface area contributed by atoms with Crippen LogP contribution in [0.2, 0.25) is 5.02 Å². The maximum Gasteiger partial charge on any atom is 0.248 e. The van der Waals surface area contributed by atoms with E-state index in [9.17, 15) is 4.79 Å². The van der Waals surface area contributed by atoms with Crippen molar-refractivity contribution in [3.63, 3.8) is 0 Å². The molecule has 0 radical (unpaired) electrons. The van der Waals surface area contributed by atoms with Crippen molar-refractivity contribution in [2.75, 3.05) is 11.1 Å². The molecule has 1 amide bonds. The quantitative estimate of drug-likeness (QED) is 0.348. The fourth-order valence-electron chi connectivity index (χ4n) is 2.19. The third-order valence-electron chi connectivity index (χ3n) is 3.37. The van der Waals surface area contributed by atoms with Crippen LogP contribution in [0.15, 0.2) is 65.7 Å². The lowest BCUT2D eigenvalue weighted by Crippen LogP contribution is -2.44. The predicted octanol–water partition coefficient (Wildman–Crippen LogP) is 4.00. The first kappa shape index (κ1) is 18.4. The lowest BCUT2D eigenvalue weighted by Gasteiger charge is -2.11. The second-order valence-corrected chi connectivity index (χ2v) is 7.12. The van der Waals surface area contributed by atoms with Gasteiger partial charge in [0.25, 0.3) is 0 Å². The van der Waals surface area contributed by atoms with E-state index in [2.05, 4.69) is 21.2 Å². The van der Waals surface area contributed by atoms with Gasteiger partial charge in [0, 0.05) is 27.2 Å². The summed E-state index contributed by atoms with van der Waals surface area (Å²) in [5, 5.41) is 4.93. The molecule has 8 heteroatoms. The minimum Gasteiger partial charge on any atom is -0.331 e. The van der Waals surface area contributed by atoms with E-state index in [1.54, 1.807) is 30.5 Å². The number of aromatic nitrogens is 1. The van der Waals surface area contributed by atoms with Crippen LogP contribution < -0.4 is 16.2 Å². The Labute approximate surface area is 165 Å². The molecule has 132 valence electrons. The molecule has 5 nitrogen and oxygen atoms in total. The summed E-state index contributed by atoms with van der Waals surface area (Å²) in [7, 11) is 0. The number of benzene rings is 2. The number of hydrogen-bond donors (Lipinski definition) is 3. The number of nitrogens with one attached hydrogen (secondary N) is 3. The van der Waals surface area contributed by atoms with E-state index in [-0.39, 0.29) is 16.8 Å². The van der Waals surface area contributed by atoms with Gasteiger partial charge in [0.2, 0.25) is 5.91 Å². The van der Waals surface area contributed by atoms with E-state index in [4.69, 9.17) is 23.8 Å². The number of carbonyl (C=O) groups excluding carboxylic acids is 1. The highest BCUT2D eigenvalue weighted by atomic mass is 35.5. The number of fused-ring (bicyclic) bond motifs is 1. The Morgan fingerprint density at radius 3 is 2.65 bits per heavy atom. The number of pyridine rings is 1. The molecule has 26 heavy (non-hydrogen) atoms. The summed E-state index contributed by atoms with van der Waals surface area (Å²) in [6.45, 7) is 0. The van der Waals surface area contributed by atoms with Crippen molar-refractivity contribution >= 4 is 63.2 Å². The standard InChI is InChI=1S/C18H15ClN4OS2/c19-13-6-8-14(9-7-13)21-18(25)23-22-16(24)11-26-15-5-1-3-12-4-2-10-20-17(12)15/h1-10H,11H2,(H,22,24)(H2,21,23,25). The minimum absolute atomic E-state index is 0.191. The summed E-state index contributed by atoms with van der Waals surface area (Å²) >= 11 is 12.4. The van der Waals surface area contributed by atoms with E-state index in [0.717, 1.165) is 21.5 Å². The lowest BCUT2D eigenvalue weighted by atomic mass is 10.2. The maximum absolute atomic E-state index is 12.0. The summed E-state index contributed by atoms with van der Waals surface area (Å²) in [6.07, 6.45) is 1.74. The first-order valence-corrected chi connectivity index (χ1v) is 9.47. The first-order valence-electron chi connectivity index (χ1n) is 7.70. The Morgan fingerprint density at radius 1 is 1.08 bits per heavy atom. The molecule has 3 N–H and O–H groups in total. The van der Waals surface area contributed by atoms with Gasteiger partial charge in [-0.25, -0.2) is 0 Å². The molecule has 0 aliphatic carbocycles. The Morgan fingerprint density at radius 2 is 1.85 bits per heavy atom. The Bertz CT molecular complexity index is 929. The molecule has 0 unspecified atom stereocenters. The molecule has 0 fully saturated rings. The molecule has 0 saturated heterocycles. The zero-order chi connectivity index (χ0) is 18.4. The highest BCUT2D eigenvalue weighted by molar-refractivity contribution is 8.00. The maximum atomic E-state index is 12.0. The molecule has 3 rings (SSSR count). The molecular weight excluding hydrogens is 388 g/mol. The smallest absolute Gasteiger partial charge is 0.248 e. The van der Waals surface area contributed by atoms with Crippen molar-refractivity contribution in [3.05, 3.63) is 65.8 Å². The number of hydrazine groups is 1. The minimum atomic E-state index is -0.191. The molecule has 0 saturated carbocycles. The van der Waals surface area contributed by atoms with Crippen LogP contribution >= 0.6 is 35.6 Å². The summed E-state index contributed by atoms with van der Waals surface area (Å²) in [4.78, 5) is 17.4. The molecule has 1 heterocycles. The number of carbonyl (C=O) groups is 1. The van der Waals surface area contributed by atoms with E-state index < -0.39 is 0 Å². The van der Waals surface area contributed by atoms with Crippen LogP contribution in [0.5, 0.6) is 0 Å². The number of amides is 1. The number of thioether (sulfide) groups is 1. The van der Waals surface area contributed by atoms with Crippen LogP contribution in [0.3, 0.4) is 0 Å². The van der Waals surface area contributed by atoms with Gasteiger partial charge in [-0.3, -0.25) is 20.6 Å².